The first-order valence-electron chi connectivity index (χ1n) is 21.9. The summed E-state index contributed by atoms with van der Waals surface area (Å²) in [7, 11) is 0. The number of hydrogen-bond acceptors (Lipinski definition) is 9. The fourth-order valence-electron chi connectivity index (χ4n) is 9.22. The number of carbonyl (C=O) groups is 2. The van der Waals surface area contributed by atoms with Crippen molar-refractivity contribution in [3.05, 3.63) is 59.7 Å². The van der Waals surface area contributed by atoms with Gasteiger partial charge in [-0.1, -0.05) is 24.3 Å². The van der Waals surface area contributed by atoms with E-state index in [2.05, 4.69) is 61.8 Å². The minimum atomic E-state index is -0.743. The lowest BCUT2D eigenvalue weighted by Gasteiger charge is -2.51. The van der Waals surface area contributed by atoms with Crippen LogP contribution in [0, 0.1) is 5.92 Å². The summed E-state index contributed by atoms with van der Waals surface area (Å²) < 4.78 is 0. The minimum Gasteiger partial charge on any atom is -0.481 e. The Bertz CT molecular complexity index is 1530. The molecule has 10 nitrogen and oxygen atoms in total. The predicted molar refractivity (Wildman–Crippen MR) is 257 cm³/mol. The zero-order valence-corrected chi connectivity index (χ0v) is 41.3. The Kier molecular flexibility index (Phi) is 23.7. The molecule has 2 saturated heterocycles. The Balaban J connectivity index is 0.000000351. The molecule has 2 aliphatic rings. The van der Waals surface area contributed by atoms with E-state index in [1.165, 1.54) is 15.7 Å². The third-order valence-corrected chi connectivity index (χ3v) is 12.4. The molecule has 61 heavy (non-hydrogen) atoms. The summed E-state index contributed by atoms with van der Waals surface area (Å²) in [6.07, 6.45) is 8.09. The van der Waals surface area contributed by atoms with Gasteiger partial charge in [0.2, 0.25) is 0 Å². The fourth-order valence-corrected chi connectivity index (χ4v) is 10.0. The lowest BCUT2D eigenvalue weighted by Crippen LogP contribution is -2.61. The molecule has 0 unspecified atom stereocenters. The lowest BCUT2D eigenvalue weighted by atomic mass is 9.73. The monoisotopic (exact) mass is 931 g/mol. The molecule has 2 aromatic rings. The van der Waals surface area contributed by atoms with Crippen molar-refractivity contribution in [2.24, 2.45) is 11.7 Å². The summed E-state index contributed by atoms with van der Waals surface area (Å²) in [6, 6.07) is 16.9. The predicted octanol–water partition coefficient (Wildman–Crippen LogP) is 10.6. The highest BCUT2D eigenvalue weighted by molar-refractivity contribution is 6.19. The molecule has 2 aromatic carbocycles. The van der Waals surface area contributed by atoms with E-state index in [0.717, 1.165) is 88.1 Å². The third kappa shape index (κ3) is 19.0. The lowest BCUT2D eigenvalue weighted by molar-refractivity contribution is -0.251. The highest BCUT2D eigenvalue weighted by Gasteiger charge is 2.45. The molecule has 0 bridgehead atoms. The summed E-state index contributed by atoms with van der Waals surface area (Å²) in [5.74, 6) is 2.21. The molecular formula is C47H77Cl4N5O5. The molecule has 0 saturated carbocycles. The number of aryl methyl sites for hydroxylation is 2. The Morgan fingerprint density at radius 3 is 1.26 bits per heavy atom. The number of carboxylic acids is 1. The van der Waals surface area contributed by atoms with Crippen molar-refractivity contribution in [2.75, 3.05) is 59.5 Å². The first-order chi connectivity index (χ1) is 28.5. The van der Waals surface area contributed by atoms with Gasteiger partial charge in [-0.25, -0.2) is 0 Å². The number of hydrogen-bond donors (Lipinski definition) is 4. The SMILES string of the molecule is CC1(C)CC(CC(=O)CCCc2ccc(N(CCCl)CCCl)cc2)CC(C)(C)N1O.CC1(C)CC(N)CC(C)(C)N1O.O=C(O)CCCc1ccc(N(CCCl)CCCl)cc1. The van der Waals surface area contributed by atoms with Crippen molar-refractivity contribution in [1.82, 2.24) is 10.1 Å². The van der Waals surface area contributed by atoms with Gasteiger partial charge < -0.3 is 31.1 Å². The highest BCUT2D eigenvalue weighted by atomic mass is 35.5. The average molecular weight is 934 g/mol. The summed E-state index contributed by atoms with van der Waals surface area (Å²) in [5.41, 5.74) is 9.57. The summed E-state index contributed by atoms with van der Waals surface area (Å²) >= 11 is 23.3. The zero-order valence-electron chi connectivity index (χ0n) is 38.2. The number of hydroxylamine groups is 4. The molecule has 2 fully saturated rings. The summed E-state index contributed by atoms with van der Waals surface area (Å²) in [6.45, 7) is 19.4. The third-order valence-electron chi connectivity index (χ3n) is 11.7. The topological polar surface area (TPSA) is 134 Å². The maximum Gasteiger partial charge on any atom is 0.303 e. The van der Waals surface area contributed by atoms with Gasteiger partial charge in [0.25, 0.3) is 0 Å². The number of nitrogens with two attached hydrogens (primary N) is 1. The molecule has 0 atom stereocenters. The molecule has 0 aromatic heterocycles. The van der Waals surface area contributed by atoms with Gasteiger partial charge in [0.15, 0.2) is 0 Å². The van der Waals surface area contributed by atoms with Crippen LogP contribution < -0.4 is 15.5 Å². The smallest absolute Gasteiger partial charge is 0.303 e. The van der Waals surface area contributed by atoms with E-state index >= 15 is 0 Å². The van der Waals surface area contributed by atoms with Gasteiger partial charge in [0, 0.05) is 109 Å². The van der Waals surface area contributed by atoms with Gasteiger partial charge in [0.1, 0.15) is 5.78 Å². The van der Waals surface area contributed by atoms with Crippen molar-refractivity contribution in [1.29, 1.82) is 0 Å². The van der Waals surface area contributed by atoms with E-state index in [-0.39, 0.29) is 34.6 Å². The van der Waals surface area contributed by atoms with Crippen molar-refractivity contribution in [2.45, 2.75) is 154 Å². The second-order valence-electron chi connectivity index (χ2n) is 19.2. The Hall–Kier alpha value is -1.86. The van der Waals surface area contributed by atoms with E-state index in [4.69, 9.17) is 57.2 Å². The van der Waals surface area contributed by atoms with Crippen LogP contribution in [0.5, 0.6) is 0 Å². The van der Waals surface area contributed by atoms with Gasteiger partial charge in [-0.3, -0.25) is 9.59 Å². The molecule has 0 spiro atoms. The number of piperidine rings is 2. The number of carbonyl (C=O) groups excluding carboxylic acids is 1. The van der Waals surface area contributed by atoms with Crippen molar-refractivity contribution >= 4 is 69.5 Å². The first kappa shape index (κ1) is 55.3. The van der Waals surface area contributed by atoms with Crippen LogP contribution in [0.3, 0.4) is 0 Å². The maximum atomic E-state index is 12.6. The van der Waals surface area contributed by atoms with Crippen LogP contribution >= 0.6 is 46.4 Å². The quantitative estimate of drug-likeness (QED) is 0.0951. The van der Waals surface area contributed by atoms with Crippen molar-refractivity contribution < 1.29 is 25.1 Å². The number of anilines is 2. The Labute approximate surface area is 387 Å². The van der Waals surface area contributed by atoms with E-state index in [1.807, 2.05) is 52.0 Å². The average Bonchev–Trinajstić information content (AvgIpc) is 3.16. The van der Waals surface area contributed by atoms with Gasteiger partial charge in [-0.05, 0) is 148 Å². The number of ketones is 1. The minimum absolute atomic E-state index is 0.193. The molecule has 0 radical (unpaired) electrons. The van der Waals surface area contributed by atoms with Gasteiger partial charge in [-0.2, -0.15) is 10.1 Å². The Morgan fingerprint density at radius 1 is 0.607 bits per heavy atom. The molecule has 14 heteroatoms. The highest BCUT2D eigenvalue weighted by Crippen LogP contribution is 2.41. The van der Waals surface area contributed by atoms with Crippen LogP contribution in [0.15, 0.2) is 48.5 Å². The van der Waals surface area contributed by atoms with Crippen LogP contribution in [0.1, 0.15) is 124 Å². The van der Waals surface area contributed by atoms with E-state index in [9.17, 15) is 20.0 Å². The van der Waals surface area contributed by atoms with E-state index < -0.39 is 5.97 Å². The van der Waals surface area contributed by atoms with Crippen molar-refractivity contribution in [3.8, 4) is 0 Å². The van der Waals surface area contributed by atoms with Crippen LogP contribution in [0.2, 0.25) is 0 Å². The van der Waals surface area contributed by atoms with Gasteiger partial charge in [0.05, 0.1) is 0 Å². The Morgan fingerprint density at radius 2 is 0.934 bits per heavy atom. The number of alkyl halides is 4. The van der Waals surface area contributed by atoms with Crippen molar-refractivity contribution in [3.63, 3.8) is 0 Å². The van der Waals surface area contributed by atoms with Crippen LogP contribution in [0.25, 0.3) is 0 Å². The largest absolute Gasteiger partial charge is 0.481 e. The van der Waals surface area contributed by atoms with Crippen LogP contribution in [0.4, 0.5) is 11.4 Å². The zero-order chi connectivity index (χ0) is 46.0. The number of benzene rings is 2. The van der Waals surface area contributed by atoms with Gasteiger partial charge >= 0.3 is 5.97 Å². The fraction of sp³-hybridized carbons (Fsp3) is 0.702. The summed E-state index contributed by atoms with van der Waals surface area (Å²) in [5, 5.41) is 31.8. The van der Waals surface area contributed by atoms with E-state index in [1.54, 1.807) is 0 Å². The number of halogens is 4. The molecule has 2 heterocycles. The maximum absolute atomic E-state index is 12.6. The van der Waals surface area contributed by atoms with Gasteiger partial charge in [-0.15, -0.1) is 46.4 Å². The standard InChI is InChI=1S/C24H38Cl2N2O2.C14H19Cl2NO2.C9H20N2O/c1-23(2)17-20(18-24(3,4)28(23)30)16-22(29)7-5-6-19-8-10-21(11-9-19)27(14-12-25)15-13-26;15-8-10-17(11-9-16)13-6-4-12(5-7-13)2-1-3-14(18)19;1-8(2)5-7(10)6-9(3,4)11(8)12/h8-11,20,30H,5-7,12-18H2,1-4H3;4-7H,1-3,8-11H2,(H,18,19);7,12H,5-6,10H2,1-4H3. The molecule has 0 amide bonds. The number of aliphatic carboxylic acids is 1. The number of rotatable bonds is 20. The number of Topliss-reactive ketones (excluding diaryl/α,β-unsaturated/α-hetero) is 1. The second-order valence-corrected chi connectivity index (χ2v) is 20.7. The first-order valence-corrected chi connectivity index (χ1v) is 24.0. The molecule has 2 aliphatic heterocycles. The molecule has 348 valence electrons. The number of carboxylic acid groups (broad SMARTS) is 1. The molecular weight excluding hydrogens is 856 g/mol. The molecule has 4 rings (SSSR count). The van der Waals surface area contributed by atoms with Crippen LogP contribution in [-0.2, 0) is 22.4 Å². The molecule has 0 aliphatic carbocycles. The van der Waals surface area contributed by atoms with Crippen LogP contribution in [-0.4, -0.2) is 115 Å². The second kappa shape index (κ2) is 26.2. The normalized spacial score (nSPS) is 18.6. The number of nitrogens with zero attached hydrogens (tertiary/aromatic N) is 4. The van der Waals surface area contributed by atoms with E-state index in [0.29, 0.717) is 54.5 Å². The summed E-state index contributed by atoms with van der Waals surface area (Å²) in [4.78, 5) is 27.4. The molecule has 5 N–H and O–H groups in total.